The highest BCUT2D eigenvalue weighted by Gasteiger charge is 2.34. The fourth-order valence-corrected chi connectivity index (χ4v) is 3.09. The van der Waals surface area contributed by atoms with Crippen molar-refractivity contribution in [1.82, 2.24) is 14.7 Å². The van der Waals surface area contributed by atoms with E-state index >= 15 is 0 Å². The number of rotatable bonds is 5. The normalized spacial score (nSPS) is 11.3. The molecule has 0 radical (unpaired) electrons. The topological polar surface area (TPSA) is 67.2 Å². The molecule has 0 fully saturated rings. The Morgan fingerprint density at radius 1 is 1.06 bits per heavy atom. The van der Waals surface area contributed by atoms with Crippen LogP contribution in [0.2, 0.25) is 0 Å². The number of aromatic nitrogens is 2. The molecule has 3 aromatic rings. The minimum atomic E-state index is -4.57. The molecule has 1 aromatic heterocycles. The third-order valence-electron chi connectivity index (χ3n) is 4.74. The zero-order chi connectivity index (χ0) is 22.8. The first-order chi connectivity index (χ1) is 14.6. The average Bonchev–Trinajstić information content (AvgIpc) is 3.09. The van der Waals surface area contributed by atoms with Crippen LogP contribution in [0.5, 0.6) is 0 Å². The fourth-order valence-electron chi connectivity index (χ4n) is 3.09. The Hall–Kier alpha value is -3.62. The van der Waals surface area contributed by atoms with E-state index in [1.807, 2.05) is 19.1 Å². The van der Waals surface area contributed by atoms with E-state index in [-0.39, 0.29) is 23.5 Å². The molecule has 3 rings (SSSR count). The highest BCUT2D eigenvalue weighted by molar-refractivity contribution is 5.99. The molecule has 2 amide bonds. The molecule has 0 aliphatic carbocycles. The van der Waals surface area contributed by atoms with Crippen LogP contribution in [0.3, 0.4) is 0 Å². The van der Waals surface area contributed by atoms with E-state index in [4.69, 9.17) is 0 Å². The standard InChI is InChI=1S/C22H21F3N4O2/c1-14-8-10-16(11-9-14)27-20(30)13-28(3)21(31)17-12-26-29(15(17)2)19-7-5-4-6-18(19)22(23,24)25/h4-12H,13H2,1-3H3,(H,27,30). The number of carbonyl (C=O) groups excluding carboxylic acids is 2. The minimum absolute atomic E-state index is 0.114. The molecular weight excluding hydrogens is 409 g/mol. The van der Waals surface area contributed by atoms with Crippen molar-refractivity contribution in [2.24, 2.45) is 0 Å². The van der Waals surface area contributed by atoms with Gasteiger partial charge in [-0.1, -0.05) is 29.8 Å². The van der Waals surface area contributed by atoms with Crippen molar-refractivity contribution < 1.29 is 22.8 Å². The van der Waals surface area contributed by atoms with E-state index in [9.17, 15) is 22.8 Å². The molecule has 1 N–H and O–H groups in total. The summed E-state index contributed by atoms with van der Waals surface area (Å²) >= 11 is 0. The Morgan fingerprint density at radius 3 is 2.35 bits per heavy atom. The predicted molar refractivity (Wildman–Crippen MR) is 110 cm³/mol. The van der Waals surface area contributed by atoms with E-state index in [1.165, 1.54) is 43.3 Å². The van der Waals surface area contributed by atoms with Crippen molar-refractivity contribution in [3.05, 3.63) is 77.1 Å². The molecule has 31 heavy (non-hydrogen) atoms. The molecule has 1 heterocycles. The van der Waals surface area contributed by atoms with Gasteiger partial charge >= 0.3 is 6.18 Å². The van der Waals surface area contributed by atoms with Crippen LogP contribution >= 0.6 is 0 Å². The van der Waals surface area contributed by atoms with Crippen LogP contribution in [0, 0.1) is 13.8 Å². The van der Waals surface area contributed by atoms with Crippen molar-refractivity contribution >= 4 is 17.5 Å². The Bertz CT molecular complexity index is 1100. The number of benzene rings is 2. The van der Waals surface area contributed by atoms with E-state index in [2.05, 4.69) is 10.4 Å². The summed E-state index contributed by atoms with van der Waals surface area (Å²) in [5, 5.41) is 6.68. The van der Waals surface area contributed by atoms with Crippen LogP contribution in [0.25, 0.3) is 5.69 Å². The number of amides is 2. The van der Waals surface area contributed by atoms with Gasteiger partial charge in [-0.15, -0.1) is 0 Å². The number of hydrogen-bond donors (Lipinski definition) is 1. The van der Waals surface area contributed by atoms with Crippen molar-refractivity contribution in [2.75, 3.05) is 18.9 Å². The van der Waals surface area contributed by atoms with Gasteiger partial charge in [-0.2, -0.15) is 18.3 Å². The number of anilines is 1. The van der Waals surface area contributed by atoms with Crippen LogP contribution in [0.1, 0.15) is 27.2 Å². The first-order valence-corrected chi connectivity index (χ1v) is 9.41. The summed E-state index contributed by atoms with van der Waals surface area (Å²) in [5.41, 5.74) is 0.974. The molecule has 0 aliphatic rings. The Morgan fingerprint density at radius 2 is 1.71 bits per heavy atom. The molecule has 0 unspecified atom stereocenters. The SMILES string of the molecule is Cc1ccc(NC(=O)CN(C)C(=O)c2cnn(-c3ccccc3C(F)(F)F)c2C)cc1. The van der Waals surface area contributed by atoms with Gasteiger partial charge in [-0.25, -0.2) is 4.68 Å². The Labute approximate surface area is 177 Å². The van der Waals surface area contributed by atoms with Gasteiger partial charge in [0.2, 0.25) is 5.91 Å². The van der Waals surface area contributed by atoms with Gasteiger partial charge in [-0.05, 0) is 38.1 Å². The number of para-hydroxylation sites is 1. The van der Waals surface area contributed by atoms with Gasteiger partial charge in [0.1, 0.15) is 0 Å². The van der Waals surface area contributed by atoms with Gasteiger partial charge in [0.05, 0.1) is 35.2 Å². The molecule has 6 nitrogen and oxygen atoms in total. The van der Waals surface area contributed by atoms with Crippen LogP contribution in [-0.4, -0.2) is 40.1 Å². The average molecular weight is 430 g/mol. The maximum atomic E-state index is 13.3. The van der Waals surface area contributed by atoms with E-state index in [0.717, 1.165) is 16.3 Å². The van der Waals surface area contributed by atoms with Crippen molar-refractivity contribution in [3.63, 3.8) is 0 Å². The number of nitrogens with zero attached hydrogens (tertiary/aromatic N) is 3. The van der Waals surface area contributed by atoms with Crippen LogP contribution < -0.4 is 5.32 Å². The molecule has 9 heteroatoms. The maximum Gasteiger partial charge on any atom is 0.418 e. The summed E-state index contributed by atoms with van der Waals surface area (Å²) in [6.45, 7) is 3.21. The number of alkyl halides is 3. The maximum absolute atomic E-state index is 13.3. The summed E-state index contributed by atoms with van der Waals surface area (Å²) in [7, 11) is 1.44. The molecule has 0 bridgehead atoms. The number of hydrogen-bond acceptors (Lipinski definition) is 3. The van der Waals surface area contributed by atoms with Crippen molar-refractivity contribution in [1.29, 1.82) is 0 Å². The number of aryl methyl sites for hydroxylation is 1. The first-order valence-electron chi connectivity index (χ1n) is 9.41. The highest BCUT2D eigenvalue weighted by atomic mass is 19.4. The number of carbonyl (C=O) groups is 2. The molecule has 0 aliphatic heterocycles. The minimum Gasteiger partial charge on any atom is -0.332 e. The monoisotopic (exact) mass is 430 g/mol. The zero-order valence-corrected chi connectivity index (χ0v) is 17.2. The summed E-state index contributed by atoms with van der Waals surface area (Å²) in [4.78, 5) is 26.2. The summed E-state index contributed by atoms with van der Waals surface area (Å²) in [6.07, 6.45) is -3.36. The van der Waals surface area contributed by atoms with Gasteiger partial charge in [0.15, 0.2) is 0 Å². The van der Waals surface area contributed by atoms with E-state index in [0.29, 0.717) is 5.69 Å². The summed E-state index contributed by atoms with van der Waals surface area (Å²) in [6, 6.07) is 12.2. The van der Waals surface area contributed by atoms with Gasteiger partial charge in [-0.3, -0.25) is 9.59 Å². The van der Waals surface area contributed by atoms with Crippen LogP contribution in [0.4, 0.5) is 18.9 Å². The van der Waals surface area contributed by atoms with Gasteiger partial charge in [0, 0.05) is 12.7 Å². The number of likely N-dealkylation sites (N-methyl/N-ethyl adjacent to an activating group) is 1. The Kier molecular flexibility index (Phi) is 6.14. The fraction of sp³-hybridized carbons (Fsp3) is 0.227. The lowest BCUT2D eigenvalue weighted by molar-refractivity contribution is -0.137. The quantitative estimate of drug-likeness (QED) is 0.659. The lowest BCUT2D eigenvalue weighted by Gasteiger charge is -2.17. The lowest BCUT2D eigenvalue weighted by Crippen LogP contribution is -2.35. The third kappa shape index (κ3) is 4.93. The lowest BCUT2D eigenvalue weighted by atomic mass is 10.1. The second-order valence-electron chi connectivity index (χ2n) is 7.15. The molecule has 162 valence electrons. The molecule has 0 atom stereocenters. The number of halogens is 3. The molecule has 2 aromatic carbocycles. The van der Waals surface area contributed by atoms with Gasteiger partial charge < -0.3 is 10.2 Å². The first kappa shape index (κ1) is 22.1. The van der Waals surface area contributed by atoms with Gasteiger partial charge in [0.25, 0.3) is 5.91 Å². The third-order valence-corrected chi connectivity index (χ3v) is 4.74. The molecular formula is C22H21F3N4O2. The zero-order valence-electron chi connectivity index (χ0n) is 17.2. The smallest absolute Gasteiger partial charge is 0.332 e. The molecule has 0 saturated carbocycles. The van der Waals surface area contributed by atoms with Crippen LogP contribution in [0.15, 0.2) is 54.7 Å². The van der Waals surface area contributed by atoms with E-state index < -0.39 is 23.6 Å². The van der Waals surface area contributed by atoms with Crippen LogP contribution in [-0.2, 0) is 11.0 Å². The summed E-state index contributed by atoms with van der Waals surface area (Å²) < 4.78 is 41.1. The number of nitrogens with one attached hydrogen (secondary N) is 1. The second kappa shape index (κ2) is 8.63. The second-order valence-corrected chi connectivity index (χ2v) is 7.15. The summed E-state index contributed by atoms with van der Waals surface area (Å²) in [5.74, 6) is -0.917. The Balaban J connectivity index is 1.77. The highest BCUT2D eigenvalue weighted by Crippen LogP contribution is 2.34. The van der Waals surface area contributed by atoms with Crippen molar-refractivity contribution in [2.45, 2.75) is 20.0 Å². The van der Waals surface area contributed by atoms with E-state index in [1.54, 1.807) is 12.1 Å². The molecule has 0 saturated heterocycles. The molecule has 0 spiro atoms. The van der Waals surface area contributed by atoms with Crippen molar-refractivity contribution in [3.8, 4) is 5.69 Å². The largest absolute Gasteiger partial charge is 0.418 e. The predicted octanol–water partition coefficient (Wildman–Crippen LogP) is 4.22.